The number of unbranched alkanes of at least 4 members (excludes halogenated alkanes) is 1. The maximum absolute atomic E-state index is 12.0. The number of aryl methyl sites for hydroxylation is 1. The summed E-state index contributed by atoms with van der Waals surface area (Å²) in [5, 5.41) is 11.3. The zero-order valence-corrected chi connectivity index (χ0v) is 14.6. The number of amides is 1. The molecule has 0 aliphatic carbocycles. The normalized spacial score (nSPS) is 12.0. The van der Waals surface area contributed by atoms with Gasteiger partial charge in [-0.3, -0.25) is 14.4 Å². The molecule has 0 bridgehead atoms. The molecule has 0 fully saturated rings. The lowest BCUT2D eigenvalue weighted by Gasteiger charge is -2.09. The quantitative estimate of drug-likeness (QED) is 0.713. The third-order valence-corrected chi connectivity index (χ3v) is 3.85. The fourth-order valence-corrected chi connectivity index (χ4v) is 2.37. The second kappa shape index (κ2) is 9.36. The Hall–Kier alpha value is -3.15. The summed E-state index contributed by atoms with van der Waals surface area (Å²) in [4.78, 5) is 34.5. The predicted molar refractivity (Wildman–Crippen MR) is 100.0 cm³/mol. The summed E-state index contributed by atoms with van der Waals surface area (Å²) in [7, 11) is 0. The number of nitrogens with zero attached hydrogens (tertiary/aromatic N) is 1. The van der Waals surface area contributed by atoms with Gasteiger partial charge in [-0.05, 0) is 43.5 Å². The van der Waals surface area contributed by atoms with E-state index in [0.29, 0.717) is 12.1 Å². The molecule has 2 N–H and O–H groups in total. The highest BCUT2D eigenvalue weighted by Gasteiger charge is 2.15. The summed E-state index contributed by atoms with van der Waals surface area (Å²) in [6, 6.07) is 11.1. The van der Waals surface area contributed by atoms with Gasteiger partial charge < -0.3 is 15.0 Å². The second-order valence-corrected chi connectivity index (χ2v) is 5.94. The summed E-state index contributed by atoms with van der Waals surface area (Å²) in [5.41, 5.74) is 1.26. The molecular weight excluding hydrogens is 332 g/mol. The van der Waals surface area contributed by atoms with Crippen molar-refractivity contribution < 1.29 is 14.7 Å². The first-order valence-corrected chi connectivity index (χ1v) is 8.43. The minimum Gasteiger partial charge on any atom is -0.480 e. The lowest BCUT2D eigenvalue weighted by molar-refractivity contribution is -0.138. The highest BCUT2D eigenvalue weighted by molar-refractivity contribution is 5.96. The molecule has 0 radical (unpaired) electrons. The number of rotatable bonds is 8. The summed E-state index contributed by atoms with van der Waals surface area (Å²) < 4.78 is 1.67. The van der Waals surface area contributed by atoms with Crippen molar-refractivity contribution in [2.45, 2.75) is 32.4 Å². The first-order chi connectivity index (χ1) is 12.5. The van der Waals surface area contributed by atoms with Crippen molar-refractivity contribution in [2.24, 2.45) is 0 Å². The predicted octanol–water partition coefficient (Wildman–Crippen LogP) is 2.54. The molecule has 0 saturated heterocycles. The average Bonchev–Trinajstić information content (AvgIpc) is 2.63. The molecule has 136 valence electrons. The van der Waals surface area contributed by atoms with Gasteiger partial charge in [0.05, 0.1) is 0 Å². The van der Waals surface area contributed by atoms with E-state index in [2.05, 4.69) is 5.32 Å². The molecule has 2 aromatic rings. The lowest BCUT2D eigenvalue weighted by Crippen LogP contribution is -2.38. The van der Waals surface area contributed by atoms with Gasteiger partial charge in [0.15, 0.2) is 0 Å². The van der Waals surface area contributed by atoms with Crippen LogP contribution in [0.15, 0.2) is 59.5 Å². The Balaban J connectivity index is 1.88. The van der Waals surface area contributed by atoms with Gasteiger partial charge in [0.2, 0.25) is 5.56 Å². The standard InChI is InChI=1S/C20H22N2O4/c1-15(20(25)26)21-19(24)17-10-7-9-16(14-17)8-3-2-5-12-22-13-6-4-11-18(22)23/h3-4,6-11,13-15H,2,5,12H2,1H3,(H,21,24)(H,25,26)/t15-/m1/s1. The van der Waals surface area contributed by atoms with Gasteiger partial charge in [-0.25, -0.2) is 0 Å². The van der Waals surface area contributed by atoms with Gasteiger partial charge in [-0.1, -0.05) is 30.4 Å². The highest BCUT2D eigenvalue weighted by atomic mass is 16.4. The number of benzene rings is 1. The highest BCUT2D eigenvalue weighted by Crippen LogP contribution is 2.09. The van der Waals surface area contributed by atoms with Crippen molar-refractivity contribution in [3.63, 3.8) is 0 Å². The fraction of sp³-hybridized carbons (Fsp3) is 0.250. The molecule has 1 aromatic carbocycles. The number of carbonyl (C=O) groups excluding carboxylic acids is 1. The molecule has 1 aromatic heterocycles. The third kappa shape index (κ3) is 5.73. The third-order valence-electron chi connectivity index (χ3n) is 3.85. The molecule has 6 nitrogen and oxygen atoms in total. The average molecular weight is 354 g/mol. The number of allylic oxidation sites excluding steroid dienone is 1. The molecule has 1 atom stereocenters. The number of carboxylic acids is 1. The minimum atomic E-state index is -1.08. The molecule has 0 saturated carbocycles. The molecule has 0 aliphatic heterocycles. The van der Waals surface area contributed by atoms with Gasteiger partial charge in [-0.2, -0.15) is 0 Å². The molecule has 0 aliphatic rings. The van der Waals surface area contributed by atoms with Gasteiger partial charge in [0, 0.05) is 24.4 Å². The van der Waals surface area contributed by atoms with E-state index in [1.54, 1.807) is 35.0 Å². The van der Waals surface area contributed by atoms with Gasteiger partial charge in [-0.15, -0.1) is 0 Å². The number of aromatic nitrogens is 1. The zero-order chi connectivity index (χ0) is 18.9. The van der Waals surface area contributed by atoms with E-state index in [-0.39, 0.29) is 5.56 Å². The summed E-state index contributed by atoms with van der Waals surface area (Å²) in [6.07, 6.45) is 7.30. The maximum atomic E-state index is 12.0. The topological polar surface area (TPSA) is 88.4 Å². The number of hydrogen-bond donors (Lipinski definition) is 2. The second-order valence-electron chi connectivity index (χ2n) is 5.94. The van der Waals surface area contributed by atoms with Crippen LogP contribution >= 0.6 is 0 Å². The van der Waals surface area contributed by atoms with Crippen molar-refractivity contribution in [2.75, 3.05) is 0 Å². The van der Waals surface area contributed by atoms with Crippen LogP contribution in [0, 0.1) is 0 Å². The van der Waals surface area contributed by atoms with Crippen molar-refractivity contribution in [3.05, 3.63) is 76.2 Å². The zero-order valence-electron chi connectivity index (χ0n) is 14.6. The van der Waals surface area contributed by atoms with Crippen LogP contribution in [0.1, 0.15) is 35.7 Å². The maximum Gasteiger partial charge on any atom is 0.325 e. The molecule has 0 spiro atoms. The Kier molecular flexibility index (Phi) is 6.91. The smallest absolute Gasteiger partial charge is 0.325 e. The van der Waals surface area contributed by atoms with Crippen molar-refractivity contribution in [1.82, 2.24) is 9.88 Å². The summed E-state index contributed by atoms with van der Waals surface area (Å²) in [5.74, 6) is -1.49. The van der Waals surface area contributed by atoms with E-state index in [1.807, 2.05) is 24.3 Å². The van der Waals surface area contributed by atoms with Crippen molar-refractivity contribution >= 4 is 18.0 Å². The largest absolute Gasteiger partial charge is 0.480 e. The molecular formula is C20H22N2O4. The van der Waals surface area contributed by atoms with E-state index in [1.165, 1.54) is 13.0 Å². The van der Waals surface area contributed by atoms with Crippen molar-refractivity contribution in [1.29, 1.82) is 0 Å². The number of carbonyl (C=O) groups is 2. The van der Waals surface area contributed by atoms with Gasteiger partial charge >= 0.3 is 5.97 Å². The number of aliphatic carboxylic acids is 1. The number of pyridine rings is 1. The molecule has 1 amide bonds. The first-order valence-electron chi connectivity index (χ1n) is 8.43. The molecule has 6 heteroatoms. The SMILES string of the molecule is C[C@@H](NC(=O)c1cccc(C=CCCCn2ccccc2=O)c1)C(=O)O. The van der Waals surface area contributed by atoms with Crippen LogP contribution in [0.4, 0.5) is 0 Å². The van der Waals surface area contributed by atoms with Gasteiger partial charge in [0.25, 0.3) is 5.91 Å². The summed E-state index contributed by atoms with van der Waals surface area (Å²) >= 11 is 0. The molecule has 0 unspecified atom stereocenters. The molecule has 2 rings (SSSR count). The Morgan fingerprint density at radius 3 is 2.77 bits per heavy atom. The minimum absolute atomic E-state index is 0.00853. The fourth-order valence-electron chi connectivity index (χ4n) is 2.37. The first kappa shape index (κ1) is 19.2. The van der Waals surface area contributed by atoms with E-state index < -0.39 is 17.9 Å². The van der Waals surface area contributed by atoms with E-state index >= 15 is 0 Å². The number of nitrogens with one attached hydrogen (secondary N) is 1. The van der Waals surface area contributed by atoms with Crippen LogP contribution in [0.2, 0.25) is 0 Å². The van der Waals surface area contributed by atoms with Crippen LogP contribution in [-0.2, 0) is 11.3 Å². The Morgan fingerprint density at radius 1 is 1.23 bits per heavy atom. The molecule has 26 heavy (non-hydrogen) atoms. The lowest BCUT2D eigenvalue weighted by atomic mass is 10.1. The Bertz CT molecular complexity index is 855. The van der Waals surface area contributed by atoms with Crippen LogP contribution in [0.3, 0.4) is 0 Å². The monoisotopic (exact) mass is 354 g/mol. The Labute approximate surface area is 151 Å². The van der Waals surface area contributed by atoms with Crippen molar-refractivity contribution in [3.8, 4) is 0 Å². The van der Waals surface area contributed by atoms with Crippen LogP contribution < -0.4 is 10.9 Å². The van der Waals surface area contributed by atoms with Crippen LogP contribution in [-0.4, -0.2) is 27.6 Å². The summed E-state index contributed by atoms with van der Waals surface area (Å²) in [6.45, 7) is 2.07. The van der Waals surface area contributed by atoms with E-state index in [4.69, 9.17) is 5.11 Å². The number of hydrogen-bond acceptors (Lipinski definition) is 3. The van der Waals surface area contributed by atoms with Gasteiger partial charge in [0.1, 0.15) is 6.04 Å². The van der Waals surface area contributed by atoms with E-state index in [0.717, 1.165) is 18.4 Å². The van der Waals surface area contributed by atoms with E-state index in [9.17, 15) is 14.4 Å². The van der Waals surface area contributed by atoms with Crippen LogP contribution in [0.5, 0.6) is 0 Å². The molecule has 1 heterocycles. The van der Waals surface area contributed by atoms with Crippen LogP contribution in [0.25, 0.3) is 6.08 Å². The number of carboxylic acid groups (broad SMARTS) is 1. The Morgan fingerprint density at radius 2 is 2.04 bits per heavy atom.